The summed E-state index contributed by atoms with van der Waals surface area (Å²) < 4.78 is 18.3. The van der Waals surface area contributed by atoms with E-state index in [4.69, 9.17) is 4.74 Å². The molecule has 0 saturated carbocycles. The first kappa shape index (κ1) is 17.3. The van der Waals surface area contributed by atoms with Gasteiger partial charge >= 0.3 is 5.97 Å². The van der Waals surface area contributed by atoms with Crippen LogP contribution in [0.1, 0.15) is 34.1 Å². The maximum absolute atomic E-state index is 13.4. The Balaban J connectivity index is 1.94. The molecule has 5 nitrogen and oxygen atoms in total. The summed E-state index contributed by atoms with van der Waals surface area (Å²) in [6.45, 7) is 1.24. The molecule has 0 aliphatic carbocycles. The monoisotopic (exact) mass is 329 g/mol. The molecule has 1 N–H and O–H groups in total. The minimum absolute atomic E-state index is 0.132. The van der Waals surface area contributed by atoms with Gasteiger partial charge < -0.3 is 10.1 Å². The number of hydrogen-bond acceptors (Lipinski definition) is 4. The van der Waals surface area contributed by atoms with Gasteiger partial charge in [-0.05, 0) is 36.4 Å². The van der Waals surface area contributed by atoms with Gasteiger partial charge in [-0.1, -0.05) is 19.1 Å². The smallest absolute Gasteiger partial charge is 0.341 e. The lowest BCUT2D eigenvalue weighted by molar-refractivity contribution is -0.115. The number of halogens is 1. The quantitative estimate of drug-likeness (QED) is 0.652. The molecule has 0 aliphatic heterocycles. The summed E-state index contributed by atoms with van der Waals surface area (Å²) in [5, 5.41) is 2.66. The van der Waals surface area contributed by atoms with Gasteiger partial charge in [0.1, 0.15) is 5.82 Å². The Morgan fingerprint density at radius 3 is 2.33 bits per heavy atom. The fraction of sp³-hybridized carbons (Fsp3) is 0.167. The van der Waals surface area contributed by atoms with Gasteiger partial charge in [0, 0.05) is 17.7 Å². The molecule has 0 saturated heterocycles. The van der Waals surface area contributed by atoms with Crippen LogP contribution in [0.25, 0.3) is 0 Å². The van der Waals surface area contributed by atoms with Crippen molar-refractivity contribution >= 4 is 23.3 Å². The number of amides is 1. The van der Waals surface area contributed by atoms with Crippen LogP contribution in [-0.4, -0.2) is 24.3 Å². The lowest BCUT2D eigenvalue weighted by Crippen LogP contribution is -2.15. The van der Waals surface area contributed by atoms with Crippen molar-refractivity contribution in [1.82, 2.24) is 0 Å². The second-order valence-electron chi connectivity index (χ2n) is 4.96. The van der Waals surface area contributed by atoms with Crippen LogP contribution < -0.4 is 5.32 Å². The van der Waals surface area contributed by atoms with Crippen molar-refractivity contribution in [3.63, 3.8) is 0 Å². The van der Waals surface area contributed by atoms with Gasteiger partial charge in [0.15, 0.2) is 12.4 Å². The van der Waals surface area contributed by atoms with Crippen molar-refractivity contribution in [2.24, 2.45) is 0 Å². The normalized spacial score (nSPS) is 10.1. The van der Waals surface area contributed by atoms with Crippen molar-refractivity contribution in [2.45, 2.75) is 13.3 Å². The average molecular weight is 329 g/mol. The summed E-state index contributed by atoms with van der Waals surface area (Å²) in [6.07, 6.45) is 0.354. The van der Waals surface area contributed by atoms with Crippen LogP contribution in [-0.2, 0) is 9.53 Å². The first-order chi connectivity index (χ1) is 11.5. The number of Topliss-reactive ketones (excluding diaryl/α,β-unsaturated/α-hetero) is 1. The Morgan fingerprint density at radius 1 is 1.04 bits per heavy atom. The van der Waals surface area contributed by atoms with Gasteiger partial charge in [0.05, 0.1) is 5.56 Å². The lowest BCUT2D eigenvalue weighted by atomic mass is 10.1. The molecule has 6 heteroatoms. The Morgan fingerprint density at radius 2 is 1.71 bits per heavy atom. The Bertz CT molecular complexity index is 756. The summed E-state index contributed by atoms with van der Waals surface area (Å²) in [6, 6.07) is 11.6. The molecular weight excluding hydrogens is 313 g/mol. The molecule has 1 amide bonds. The summed E-state index contributed by atoms with van der Waals surface area (Å²) in [5.74, 6) is -2.15. The molecule has 124 valence electrons. The minimum Gasteiger partial charge on any atom is -0.454 e. The third-order valence-corrected chi connectivity index (χ3v) is 3.24. The molecule has 0 radical (unpaired) electrons. The van der Waals surface area contributed by atoms with Crippen molar-refractivity contribution in [2.75, 3.05) is 11.9 Å². The third kappa shape index (κ3) is 4.49. The second kappa shape index (κ2) is 8.01. The van der Waals surface area contributed by atoms with E-state index in [-0.39, 0.29) is 11.5 Å². The number of ether oxygens (including phenoxy) is 1. The van der Waals surface area contributed by atoms with Gasteiger partial charge in [0.2, 0.25) is 5.91 Å². The molecule has 0 spiro atoms. The highest BCUT2D eigenvalue weighted by molar-refractivity contribution is 6.00. The highest BCUT2D eigenvalue weighted by Gasteiger charge is 2.15. The molecule has 2 aromatic rings. The van der Waals surface area contributed by atoms with Crippen molar-refractivity contribution in [1.29, 1.82) is 0 Å². The minimum atomic E-state index is -0.895. The number of carbonyl (C=O) groups excluding carboxylic acids is 3. The van der Waals surface area contributed by atoms with E-state index in [0.717, 1.165) is 6.07 Å². The molecule has 0 heterocycles. The van der Waals surface area contributed by atoms with Crippen molar-refractivity contribution in [3.05, 3.63) is 65.5 Å². The summed E-state index contributed by atoms with van der Waals surface area (Å²) in [4.78, 5) is 35.0. The van der Waals surface area contributed by atoms with Crippen LogP contribution in [0, 0.1) is 5.82 Å². The van der Waals surface area contributed by atoms with Crippen LogP contribution in [0.3, 0.4) is 0 Å². The zero-order valence-electron chi connectivity index (χ0n) is 13.0. The standard InChI is InChI=1S/C18H16FNO4/c1-2-17(22)20-13-9-7-12(8-10-13)16(21)11-24-18(23)14-5-3-4-6-15(14)19/h3-10H,2,11H2,1H3,(H,20,22). The average Bonchev–Trinajstić information content (AvgIpc) is 2.60. The largest absolute Gasteiger partial charge is 0.454 e. The van der Waals surface area contributed by atoms with E-state index < -0.39 is 24.2 Å². The Hall–Kier alpha value is -3.02. The van der Waals surface area contributed by atoms with Crippen molar-refractivity contribution < 1.29 is 23.5 Å². The third-order valence-electron chi connectivity index (χ3n) is 3.24. The molecule has 0 fully saturated rings. The van der Waals surface area contributed by atoms with Gasteiger partial charge in [-0.2, -0.15) is 0 Å². The topological polar surface area (TPSA) is 72.5 Å². The Labute approximate surface area is 138 Å². The molecule has 2 aromatic carbocycles. The maximum Gasteiger partial charge on any atom is 0.341 e. The Kier molecular flexibility index (Phi) is 5.78. The first-order valence-corrected chi connectivity index (χ1v) is 7.36. The zero-order chi connectivity index (χ0) is 17.5. The van der Waals surface area contributed by atoms with E-state index in [2.05, 4.69) is 5.32 Å². The van der Waals surface area contributed by atoms with Gasteiger partial charge in [-0.25, -0.2) is 9.18 Å². The molecule has 0 bridgehead atoms. The van der Waals surface area contributed by atoms with Crippen LogP contribution in [0.4, 0.5) is 10.1 Å². The predicted octanol–water partition coefficient (Wildman–Crippen LogP) is 3.21. The first-order valence-electron chi connectivity index (χ1n) is 7.36. The van der Waals surface area contributed by atoms with E-state index in [1.54, 1.807) is 19.1 Å². The SMILES string of the molecule is CCC(=O)Nc1ccc(C(=O)COC(=O)c2ccccc2F)cc1. The fourth-order valence-corrected chi connectivity index (χ4v) is 1.91. The summed E-state index contributed by atoms with van der Waals surface area (Å²) in [5.41, 5.74) is 0.676. The molecule has 0 unspecified atom stereocenters. The van der Waals surface area contributed by atoms with E-state index in [0.29, 0.717) is 17.7 Å². The van der Waals surface area contributed by atoms with Gasteiger partial charge in [0.25, 0.3) is 0 Å². The number of nitrogens with one attached hydrogen (secondary N) is 1. The predicted molar refractivity (Wildman–Crippen MR) is 86.4 cm³/mol. The van der Waals surface area contributed by atoms with Crippen LogP contribution >= 0.6 is 0 Å². The second-order valence-corrected chi connectivity index (χ2v) is 4.96. The van der Waals surface area contributed by atoms with Crippen molar-refractivity contribution in [3.8, 4) is 0 Å². The molecular formula is C18H16FNO4. The fourth-order valence-electron chi connectivity index (χ4n) is 1.91. The number of anilines is 1. The highest BCUT2D eigenvalue weighted by atomic mass is 19.1. The molecule has 0 aromatic heterocycles. The number of carbonyl (C=O) groups is 3. The molecule has 0 aliphatic rings. The van der Waals surface area contributed by atoms with Gasteiger partial charge in [-0.15, -0.1) is 0 Å². The van der Waals surface area contributed by atoms with Crippen LogP contribution in [0.5, 0.6) is 0 Å². The van der Waals surface area contributed by atoms with E-state index >= 15 is 0 Å². The van der Waals surface area contributed by atoms with E-state index in [9.17, 15) is 18.8 Å². The number of esters is 1. The number of benzene rings is 2. The number of ketones is 1. The summed E-state index contributed by atoms with van der Waals surface area (Å²) in [7, 11) is 0. The molecule has 2 rings (SSSR count). The van der Waals surface area contributed by atoms with E-state index in [1.807, 2.05) is 0 Å². The number of hydrogen-bond donors (Lipinski definition) is 1. The highest BCUT2D eigenvalue weighted by Crippen LogP contribution is 2.12. The molecule has 24 heavy (non-hydrogen) atoms. The summed E-state index contributed by atoms with van der Waals surface area (Å²) >= 11 is 0. The van der Waals surface area contributed by atoms with Gasteiger partial charge in [-0.3, -0.25) is 9.59 Å². The lowest BCUT2D eigenvalue weighted by Gasteiger charge is -2.07. The number of rotatable bonds is 6. The van der Waals surface area contributed by atoms with E-state index in [1.165, 1.54) is 30.3 Å². The van der Waals surface area contributed by atoms with Crippen LogP contribution in [0.15, 0.2) is 48.5 Å². The maximum atomic E-state index is 13.4. The van der Waals surface area contributed by atoms with Crippen LogP contribution in [0.2, 0.25) is 0 Å². The molecule has 0 atom stereocenters. The zero-order valence-corrected chi connectivity index (χ0v) is 13.0.